The fraction of sp³-hybridized carbons (Fsp3) is 0.200. The van der Waals surface area contributed by atoms with Gasteiger partial charge in [0.1, 0.15) is 18.5 Å². The number of benzene rings is 1. The summed E-state index contributed by atoms with van der Waals surface area (Å²) in [6.45, 7) is 1.26. The zero-order valence-corrected chi connectivity index (χ0v) is 13.2. The van der Waals surface area contributed by atoms with Crippen molar-refractivity contribution in [3.05, 3.63) is 58.2 Å². The Bertz CT molecular complexity index is 672. The highest BCUT2D eigenvalue weighted by molar-refractivity contribution is 9.10. The molecule has 0 saturated heterocycles. The molecule has 7 heteroatoms. The highest BCUT2D eigenvalue weighted by Crippen LogP contribution is 2.16. The maximum absolute atomic E-state index is 13.6. The second kappa shape index (κ2) is 7.22. The Labute approximate surface area is 134 Å². The van der Waals surface area contributed by atoms with Crippen molar-refractivity contribution >= 4 is 27.8 Å². The van der Waals surface area contributed by atoms with E-state index in [1.165, 1.54) is 31.4 Å². The van der Waals surface area contributed by atoms with Crippen molar-refractivity contribution in [2.75, 3.05) is 0 Å². The molecule has 0 aliphatic carbocycles. The lowest BCUT2D eigenvalue weighted by Gasteiger charge is -2.13. The molecule has 0 saturated carbocycles. The number of amides is 1. The molecule has 2 aromatic rings. The van der Waals surface area contributed by atoms with Gasteiger partial charge in [0.15, 0.2) is 5.76 Å². The van der Waals surface area contributed by atoms with Crippen LogP contribution < -0.4 is 5.32 Å². The number of carbonyl (C=O) groups excluding carboxylic acids is 2. The Balaban J connectivity index is 1.87. The van der Waals surface area contributed by atoms with Crippen LogP contribution in [0, 0.1) is 5.82 Å². The first-order valence-corrected chi connectivity index (χ1v) is 7.21. The van der Waals surface area contributed by atoms with Crippen molar-refractivity contribution in [3.8, 4) is 0 Å². The van der Waals surface area contributed by atoms with Gasteiger partial charge in [-0.05, 0) is 31.2 Å². The van der Waals surface area contributed by atoms with Gasteiger partial charge < -0.3 is 14.5 Å². The second-order valence-electron chi connectivity index (χ2n) is 4.52. The lowest BCUT2D eigenvalue weighted by atomic mass is 10.2. The van der Waals surface area contributed by atoms with Crippen LogP contribution in [0.1, 0.15) is 23.0 Å². The molecule has 1 amide bonds. The van der Waals surface area contributed by atoms with Crippen LogP contribution in [-0.4, -0.2) is 17.9 Å². The molecule has 0 aliphatic rings. The van der Waals surface area contributed by atoms with E-state index in [1.54, 1.807) is 12.1 Å². The monoisotopic (exact) mass is 369 g/mol. The van der Waals surface area contributed by atoms with Gasteiger partial charge in [-0.25, -0.2) is 9.18 Å². The van der Waals surface area contributed by atoms with Gasteiger partial charge in [-0.2, -0.15) is 0 Å². The molecular formula is C15H13BrFNO4. The summed E-state index contributed by atoms with van der Waals surface area (Å²) in [6, 6.07) is 6.60. The quantitative estimate of drug-likeness (QED) is 0.822. The molecule has 0 bridgehead atoms. The van der Waals surface area contributed by atoms with Crippen LogP contribution in [0.4, 0.5) is 4.39 Å². The summed E-state index contributed by atoms with van der Waals surface area (Å²) < 4.78 is 24.1. The van der Waals surface area contributed by atoms with E-state index in [0.29, 0.717) is 4.47 Å². The minimum absolute atomic E-state index is 0.0959. The van der Waals surface area contributed by atoms with Crippen LogP contribution >= 0.6 is 15.9 Å². The molecule has 1 aromatic heterocycles. The highest BCUT2D eigenvalue weighted by Gasteiger charge is 2.19. The molecule has 1 N–H and O–H groups in total. The van der Waals surface area contributed by atoms with Gasteiger partial charge in [-0.3, -0.25) is 4.79 Å². The molecule has 0 fully saturated rings. The number of hydrogen-bond acceptors (Lipinski definition) is 4. The van der Waals surface area contributed by atoms with Crippen molar-refractivity contribution in [1.29, 1.82) is 0 Å². The molecule has 22 heavy (non-hydrogen) atoms. The number of nitrogens with one attached hydrogen (secondary N) is 1. The van der Waals surface area contributed by atoms with Crippen LogP contribution in [0.5, 0.6) is 0 Å². The number of hydrogen-bond donors (Lipinski definition) is 1. The van der Waals surface area contributed by atoms with Gasteiger partial charge in [0.2, 0.25) is 0 Å². The fourth-order valence-corrected chi connectivity index (χ4v) is 1.98. The SMILES string of the molecule is CC(NC(=O)c1ccco1)C(=O)OCc1ccc(Br)cc1F. The van der Waals surface area contributed by atoms with Crippen LogP contribution in [-0.2, 0) is 16.1 Å². The van der Waals surface area contributed by atoms with Crippen molar-refractivity contribution in [2.24, 2.45) is 0 Å². The molecule has 0 radical (unpaired) electrons. The zero-order chi connectivity index (χ0) is 16.1. The number of rotatable bonds is 5. The predicted molar refractivity (Wildman–Crippen MR) is 79.5 cm³/mol. The summed E-state index contributed by atoms with van der Waals surface area (Å²) in [4.78, 5) is 23.5. The van der Waals surface area contributed by atoms with Crippen LogP contribution in [0.15, 0.2) is 45.5 Å². The van der Waals surface area contributed by atoms with E-state index >= 15 is 0 Å². The highest BCUT2D eigenvalue weighted by atomic mass is 79.9. The van der Waals surface area contributed by atoms with E-state index in [9.17, 15) is 14.0 Å². The van der Waals surface area contributed by atoms with Crippen molar-refractivity contribution in [2.45, 2.75) is 19.6 Å². The zero-order valence-electron chi connectivity index (χ0n) is 11.6. The molecule has 1 heterocycles. The van der Waals surface area contributed by atoms with E-state index in [-0.39, 0.29) is 17.9 Å². The summed E-state index contributed by atoms with van der Waals surface area (Å²) in [5.41, 5.74) is 0.251. The van der Waals surface area contributed by atoms with Crippen molar-refractivity contribution in [1.82, 2.24) is 5.32 Å². The molecule has 5 nitrogen and oxygen atoms in total. The fourth-order valence-electron chi connectivity index (χ4n) is 1.65. The molecule has 2 rings (SSSR count). The molecule has 1 atom stereocenters. The predicted octanol–water partition coefficient (Wildman–Crippen LogP) is 3.04. The maximum atomic E-state index is 13.6. The van der Waals surface area contributed by atoms with E-state index in [2.05, 4.69) is 21.2 Å². The molecule has 0 spiro atoms. The maximum Gasteiger partial charge on any atom is 0.328 e. The number of furan rings is 1. The van der Waals surface area contributed by atoms with Gasteiger partial charge in [-0.15, -0.1) is 0 Å². The average molecular weight is 370 g/mol. The third-order valence-corrected chi connectivity index (χ3v) is 3.32. The van der Waals surface area contributed by atoms with Crippen molar-refractivity contribution in [3.63, 3.8) is 0 Å². The second-order valence-corrected chi connectivity index (χ2v) is 5.43. The average Bonchev–Trinajstić information content (AvgIpc) is 3.00. The lowest BCUT2D eigenvalue weighted by molar-refractivity contribution is -0.146. The molecule has 1 aromatic carbocycles. The van der Waals surface area contributed by atoms with Gasteiger partial charge in [0, 0.05) is 10.0 Å². The summed E-state index contributed by atoms with van der Waals surface area (Å²) in [6.07, 6.45) is 1.36. The van der Waals surface area contributed by atoms with Gasteiger partial charge in [0.25, 0.3) is 5.91 Å². The van der Waals surface area contributed by atoms with E-state index in [4.69, 9.17) is 9.15 Å². The van der Waals surface area contributed by atoms with Crippen LogP contribution in [0.25, 0.3) is 0 Å². The summed E-state index contributed by atoms with van der Waals surface area (Å²) in [5.74, 6) is -1.57. The van der Waals surface area contributed by atoms with Crippen LogP contribution in [0.2, 0.25) is 0 Å². The topological polar surface area (TPSA) is 68.5 Å². The molecule has 1 unspecified atom stereocenters. The lowest BCUT2D eigenvalue weighted by Crippen LogP contribution is -2.39. The Morgan fingerprint density at radius 3 is 2.82 bits per heavy atom. The smallest absolute Gasteiger partial charge is 0.328 e. The molecule has 0 aliphatic heterocycles. The Morgan fingerprint density at radius 2 is 2.18 bits per heavy atom. The summed E-state index contributed by atoms with van der Waals surface area (Å²) in [7, 11) is 0. The van der Waals surface area contributed by atoms with Crippen LogP contribution in [0.3, 0.4) is 0 Å². The first-order chi connectivity index (χ1) is 10.5. The number of halogens is 2. The Hall–Kier alpha value is -2.15. The van der Waals surface area contributed by atoms with Gasteiger partial charge >= 0.3 is 5.97 Å². The van der Waals surface area contributed by atoms with Gasteiger partial charge in [-0.1, -0.05) is 22.0 Å². The summed E-state index contributed by atoms with van der Waals surface area (Å²) in [5, 5.41) is 2.43. The third-order valence-electron chi connectivity index (χ3n) is 2.83. The normalized spacial score (nSPS) is 11.8. The van der Waals surface area contributed by atoms with Gasteiger partial charge in [0.05, 0.1) is 6.26 Å². The first-order valence-electron chi connectivity index (χ1n) is 6.42. The Kier molecular flexibility index (Phi) is 5.32. The van der Waals surface area contributed by atoms with E-state index < -0.39 is 23.7 Å². The minimum atomic E-state index is -0.879. The summed E-state index contributed by atoms with van der Waals surface area (Å²) >= 11 is 3.14. The Morgan fingerprint density at radius 1 is 1.41 bits per heavy atom. The minimum Gasteiger partial charge on any atom is -0.459 e. The van der Waals surface area contributed by atoms with E-state index in [1.807, 2.05) is 0 Å². The molecular weight excluding hydrogens is 357 g/mol. The number of ether oxygens (including phenoxy) is 1. The largest absolute Gasteiger partial charge is 0.459 e. The first kappa shape index (κ1) is 16.2. The standard InChI is InChI=1S/C15H13BrFNO4/c1-9(18-14(19)13-3-2-6-21-13)15(20)22-8-10-4-5-11(16)7-12(10)17/h2-7,9H,8H2,1H3,(H,18,19). The number of esters is 1. The van der Waals surface area contributed by atoms with E-state index in [0.717, 1.165) is 0 Å². The number of carbonyl (C=O) groups is 2. The third kappa shape index (κ3) is 4.17. The van der Waals surface area contributed by atoms with Crippen molar-refractivity contribution < 1.29 is 23.1 Å². The molecule has 116 valence electrons.